The van der Waals surface area contributed by atoms with Crippen LogP contribution in [0.1, 0.15) is 31.2 Å². The Hall–Kier alpha value is -1.31. The fourth-order valence-electron chi connectivity index (χ4n) is 1.99. The fourth-order valence-corrected chi connectivity index (χ4v) is 1.99. The van der Waals surface area contributed by atoms with Crippen molar-refractivity contribution in [2.45, 2.75) is 31.8 Å². The van der Waals surface area contributed by atoms with Crippen LogP contribution in [0.25, 0.3) is 0 Å². The monoisotopic (exact) mass is 190 g/mol. The number of esters is 1. The number of carbonyl (C=O) groups is 1. The van der Waals surface area contributed by atoms with E-state index in [0.717, 1.165) is 6.42 Å². The lowest BCUT2D eigenvalue weighted by Gasteiger charge is -2.28. The van der Waals surface area contributed by atoms with E-state index in [2.05, 4.69) is 12.1 Å². The number of hydrogen-bond donors (Lipinski definition) is 0. The van der Waals surface area contributed by atoms with Gasteiger partial charge in [-0.2, -0.15) is 0 Å². The maximum absolute atomic E-state index is 11.0. The predicted octanol–water partition coefficient (Wildman–Crippen LogP) is 2.50. The largest absolute Gasteiger partial charge is 0.462 e. The first kappa shape index (κ1) is 9.25. The molecule has 2 rings (SSSR count). The van der Waals surface area contributed by atoms with E-state index in [9.17, 15) is 4.79 Å². The van der Waals surface area contributed by atoms with Crippen molar-refractivity contribution in [2.75, 3.05) is 0 Å². The molecule has 2 heteroatoms. The summed E-state index contributed by atoms with van der Waals surface area (Å²) in [5.74, 6) is 0.304. The maximum atomic E-state index is 11.0. The van der Waals surface area contributed by atoms with Crippen molar-refractivity contribution in [3.63, 3.8) is 0 Å². The molecule has 0 amide bonds. The molecule has 1 aliphatic rings. The molecule has 1 aromatic rings. The normalized spacial score (nSPS) is 27.1. The molecular weight excluding hydrogens is 176 g/mol. The van der Waals surface area contributed by atoms with Crippen LogP contribution in [0.5, 0.6) is 0 Å². The zero-order chi connectivity index (χ0) is 9.97. The van der Waals surface area contributed by atoms with E-state index in [-0.39, 0.29) is 12.1 Å². The first-order chi connectivity index (χ1) is 6.77. The van der Waals surface area contributed by atoms with Crippen LogP contribution < -0.4 is 0 Å². The third-order valence-electron chi connectivity index (χ3n) is 2.77. The van der Waals surface area contributed by atoms with Crippen LogP contribution in [-0.2, 0) is 9.53 Å². The van der Waals surface area contributed by atoms with Gasteiger partial charge in [-0.1, -0.05) is 30.3 Å². The summed E-state index contributed by atoms with van der Waals surface area (Å²) < 4.78 is 5.21. The third kappa shape index (κ3) is 1.79. The van der Waals surface area contributed by atoms with Crippen molar-refractivity contribution in [1.82, 2.24) is 0 Å². The highest BCUT2D eigenvalue weighted by Gasteiger charge is 2.27. The van der Waals surface area contributed by atoms with Crippen LogP contribution in [0, 0.1) is 0 Å². The van der Waals surface area contributed by atoms with Gasteiger partial charge in [0.05, 0.1) is 0 Å². The Balaban J connectivity index is 2.16. The number of ether oxygens (including phenoxy) is 1. The van der Waals surface area contributed by atoms with Crippen molar-refractivity contribution in [3.8, 4) is 0 Å². The molecule has 0 aromatic heterocycles. The van der Waals surface area contributed by atoms with Crippen molar-refractivity contribution in [1.29, 1.82) is 0 Å². The highest BCUT2D eigenvalue weighted by molar-refractivity contribution is 5.70. The second-order valence-electron chi connectivity index (χ2n) is 3.75. The van der Waals surface area contributed by atoms with E-state index in [1.165, 1.54) is 5.56 Å². The average molecular weight is 190 g/mol. The zero-order valence-corrected chi connectivity index (χ0v) is 8.27. The van der Waals surface area contributed by atoms with Gasteiger partial charge in [-0.15, -0.1) is 0 Å². The summed E-state index contributed by atoms with van der Waals surface area (Å²) in [6.07, 6.45) is 1.46. The van der Waals surface area contributed by atoms with Crippen molar-refractivity contribution in [2.24, 2.45) is 0 Å². The Morgan fingerprint density at radius 1 is 1.29 bits per heavy atom. The minimum Gasteiger partial charge on any atom is -0.462 e. The molecule has 0 N–H and O–H groups in total. The molecule has 2 nitrogen and oxygen atoms in total. The van der Waals surface area contributed by atoms with Gasteiger partial charge in [-0.25, -0.2) is 0 Å². The van der Waals surface area contributed by atoms with Gasteiger partial charge in [0.25, 0.3) is 0 Å². The van der Waals surface area contributed by atoms with Gasteiger partial charge in [0.1, 0.15) is 6.10 Å². The van der Waals surface area contributed by atoms with Crippen LogP contribution >= 0.6 is 0 Å². The molecule has 0 saturated carbocycles. The molecule has 1 saturated heterocycles. The smallest absolute Gasteiger partial charge is 0.306 e. The summed E-state index contributed by atoms with van der Waals surface area (Å²) in [5.41, 5.74) is 1.27. The fraction of sp³-hybridized carbons (Fsp3) is 0.417. The number of benzene rings is 1. The van der Waals surface area contributed by atoms with Crippen LogP contribution in [-0.4, -0.2) is 12.1 Å². The van der Waals surface area contributed by atoms with Crippen molar-refractivity contribution < 1.29 is 9.53 Å². The highest BCUT2D eigenvalue weighted by atomic mass is 16.5. The SMILES string of the molecule is CC1OC(=O)CCC1c1ccccc1. The molecule has 0 aliphatic carbocycles. The first-order valence-electron chi connectivity index (χ1n) is 5.02. The summed E-state index contributed by atoms with van der Waals surface area (Å²) in [4.78, 5) is 11.0. The predicted molar refractivity (Wildman–Crippen MR) is 54.0 cm³/mol. The summed E-state index contributed by atoms with van der Waals surface area (Å²) in [6, 6.07) is 10.3. The standard InChI is InChI=1S/C12H14O2/c1-9-11(7-8-12(13)14-9)10-5-3-2-4-6-10/h2-6,9,11H,7-8H2,1H3. The topological polar surface area (TPSA) is 26.3 Å². The van der Waals surface area contributed by atoms with Gasteiger partial charge in [0.2, 0.25) is 0 Å². The zero-order valence-electron chi connectivity index (χ0n) is 8.27. The van der Waals surface area contributed by atoms with Gasteiger partial charge in [-0.05, 0) is 18.9 Å². The van der Waals surface area contributed by atoms with E-state index in [0.29, 0.717) is 12.3 Å². The summed E-state index contributed by atoms with van der Waals surface area (Å²) in [6.45, 7) is 1.97. The number of rotatable bonds is 1. The molecule has 1 fully saturated rings. The van der Waals surface area contributed by atoms with Crippen molar-refractivity contribution >= 4 is 5.97 Å². The molecule has 14 heavy (non-hydrogen) atoms. The minimum absolute atomic E-state index is 0.0126. The van der Waals surface area contributed by atoms with Gasteiger partial charge in [0, 0.05) is 12.3 Å². The van der Waals surface area contributed by atoms with E-state index >= 15 is 0 Å². The van der Waals surface area contributed by atoms with Crippen LogP contribution in [0.4, 0.5) is 0 Å². The number of hydrogen-bond acceptors (Lipinski definition) is 2. The van der Waals surface area contributed by atoms with Gasteiger partial charge >= 0.3 is 5.97 Å². The van der Waals surface area contributed by atoms with Crippen molar-refractivity contribution in [3.05, 3.63) is 35.9 Å². The summed E-state index contributed by atoms with van der Waals surface area (Å²) >= 11 is 0. The van der Waals surface area contributed by atoms with E-state index in [1.807, 2.05) is 25.1 Å². The van der Waals surface area contributed by atoms with E-state index in [4.69, 9.17) is 4.74 Å². The Labute approximate surface area is 83.9 Å². The molecule has 2 atom stereocenters. The highest BCUT2D eigenvalue weighted by Crippen LogP contribution is 2.30. The lowest BCUT2D eigenvalue weighted by Crippen LogP contribution is -2.28. The Bertz CT molecular complexity index is 318. The molecular formula is C12H14O2. The second-order valence-corrected chi connectivity index (χ2v) is 3.75. The lowest BCUT2D eigenvalue weighted by atomic mass is 9.88. The molecule has 2 unspecified atom stereocenters. The molecule has 0 spiro atoms. The van der Waals surface area contributed by atoms with Gasteiger partial charge in [0.15, 0.2) is 0 Å². The third-order valence-corrected chi connectivity index (χ3v) is 2.77. The summed E-state index contributed by atoms with van der Waals surface area (Å²) in [7, 11) is 0. The Kier molecular flexibility index (Phi) is 2.53. The quantitative estimate of drug-likeness (QED) is 0.636. The van der Waals surface area contributed by atoms with Crippen LogP contribution in [0.3, 0.4) is 0 Å². The van der Waals surface area contributed by atoms with Gasteiger partial charge in [-0.3, -0.25) is 4.79 Å². The molecule has 74 valence electrons. The number of cyclic esters (lactones) is 1. The molecule has 0 radical (unpaired) electrons. The average Bonchev–Trinajstić information content (AvgIpc) is 2.19. The Morgan fingerprint density at radius 2 is 2.00 bits per heavy atom. The lowest BCUT2D eigenvalue weighted by molar-refractivity contribution is -0.154. The molecule has 1 aromatic carbocycles. The molecule has 1 aliphatic heterocycles. The summed E-state index contributed by atoms with van der Waals surface area (Å²) in [5, 5.41) is 0. The minimum atomic E-state index is -0.0651. The molecule has 1 heterocycles. The Morgan fingerprint density at radius 3 is 2.64 bits per heavy atom. The maximum Gasteiger partial charge on any atom is 0.306 e. The van der Waals surface area contributed by atoms with E-state index < -0.39 is 0 Å². The first-order valence-corrected chi connectivity index (χ1v) is 5.02. The second kappa shape index (κ2) is 3.82. The van der Waals surface area contributed by atoms with Gasteiger partial charge < -0.3 is 4.74 Å². The van der Waals surface area contributed by atoms with E-state index in [1.54, 1.807) is 0 Å². The van der Waals surface area contributed by atoms with Crippen LogP contribution in [0.15, 0.2) is 30.3 Å². The van der Waals surface area contributed by atoms with Crippen LogP contribution in [0.2, 0.25) is 0 Å². The molecule has 0 bridgehead atoms. The number of carbonyl (C=O) groups excluding carboxylic acids is 1.